The van der Waals surface area contributed by atoms with Crippen molar-refractivity contribution >= 4 is 28.4 Å². The van der Waals surface area contributed by atoms with Crippen molar-refractivity contribution in [2.75, 3.05) is 12.4 Å². The van der Waals surface area contributed by atoms with E-state index in [2.05, 4.69) is 22.4 Å². The Morgan fingerprint density at radius 2 is 2.22 bits per heavy atom. The van der Waals surface area contributed by atoms with Crippen molar-refractivity contribution < 1.29 is 4.79 Å². The summed E-state index contributed by atoms with van der Waals surface area (Å²) < 4.78 is 0. The summed E-state index contributed by atoms with van der Waals surface area (Å²) in [6.07, 6.45) is 4.37. The Hall–Kier alpha value is -1.99. The molecule has 0 saturated heterocycles. The molecule has 2 N–H and O–H groups in total. The SMILES string of the molecule is CCC(C#N)(CCCCl)C(=O)NCCc1c[nH]c2ccccc12. The fourth-order valence-corrected chi connectivity index (χ4v) is 2.96. The number of fused-ring (bicyclic) bond motifs is 1. The normalized spacial score (nSPS) is 13.4. The Balaban J connectivity index is 1.97. The topological polar surface area (TPSA) is 68.7 Å². The van der Waals surface area contributed by atoms with Gasteiger partial charge in [0.2, 0.25) is 5.91 Å². The molecule has 1 atom stereocenters. The molecule has 0 aliphatic carbocycles. The van der Waals surface area contributed by atoms with Crippen LogP contribution in [0.15, 0.2) is 30.5 Å². The largest absolute Gasteiger partial charge is 0.361 e. The molecule has 0 spiro atoms. The van der Waals surface area contributed by atoms with Crippen molar-refractivity contribution in [2.24, 2.45) is 5.41 Å². The molecule has 4 nitrogen and oxygen atoms in total. The number of H-pyrrole nitrogens is 1. The van der Waals surface area contributed by atoms with Crippen molar-refractivity contribution in [3.63, 3.8) is 0 Å². The second-order valence-corrected chi connectivity index (χ2v) is 6.08. The Bertz CT molecular complexity index is 704. The molecular weight excluding hydrogens is 310 g/mol. The summed E-state index contributed by atoms with van der Waals surface area (Å²) in [5.41, 5.74) is 1.30. The number of nitrogens with zero attached hydrogens (tertiary/aromatic N) is 1. The van der Waals surface area contributed by atoms with Gasteiger partial charge in [-0.05, 0) is 37.3 Å². The molecule has 2 aromatic rings. The summed E-state index contributed by atoms with van der Waals surface area (Å²) in [5, 5.41) is 13.5. The van der Waals surface area contributed by atoms with Crippen LogP contribution in [0.4, 0.5) is 0 Å². The number of halogens is 1. The predicted octanol–water partition coefficient (Wildman–Crippen LogP) is 3.77. The number of hydrogen-bond acceptors (Lipinski definition) is 2. The van der Waals surface area contributed by atoms with Gasteiger partial charge < -0.3 is 10.3 Å². The van der Waals surface area contributed by atoms with Gasteiger partial charge in [-0.1, -0.05) is 25.1 Å². The molecule has 0 aliphatic heterocycles. The Morgan fingerprint density at radius 1 is 1.43 bits per heavy atom. The number of carbonyl (C=O) groups is 1. The lowest BCUT2D eigenvalue weighted by Gasteiger charge is -2.23. The number of aromatic amines is 1. The molecule has 1 aromatic heterocycles. The molecule has 1 heterocycles. The van der Waals surface area contributed by atoms with E-state index in [1.807, 2.05) is 31.3 Å². The number of carbonyl (C=O) groups excluding carboxylic acids is 1. The Kier molecular flexibility index (Phi) is 6.06. The first kappa shape index (κ1) is 17.4. The highest BCUT2D eigenvalue weighted by Crippen LogP contribution is 2.28. The van der Waals surface area contributed by atoms with E-state index < -0.39 is 5.41 Å². The van der Waals surface area contributed by atoms with E-state index in [1.54, 1.807) is 0 Å². The van der Waals surface area contributed by atoms with E-state index in [-0.39, 0.29) is 5.91 Å². The highest BCUT2D eigenvalue weighted by Gasteiger charge is 2.35. The molecular formula is C18H22ClN3O. The molecule has 0 saturated carbocycles. The van der Waals surface area contributed by atoms with Crippen LogP contribution in [0, 0.1) is 16.7 Å². The Labute approximate surface area is 141 Å². The molecule has 23 heavy (non-hydrogen) atoms. The van der Waals surface area contributed by atoms with Gasteiger partial charge in [-0.25, -0.2) is 0 Å². The summed E-state index contributed by atoms with van der Waals surface area (Å²) in [4.78, 5) is 15.7. The predicted molar refractivity (Wildman–Crippen MR) is 93.3 cm³/mol. The third-order valence-electron chi connectivity index (χ3n) is 4.34. The zero-order valence-corrected chi connectivity index (χ0v) is 14.1. The average Bonchev–Trinajstić information content (AvgIpc) is 3.00. The first-order chi connectivity index (χ1) is 11.2. The van der Waals surface area contributed by atoms with Crippen LogP contribution >= 0.6 is 11.6 Å². The maximum absolute atomic E-state index is 12.4. The van der Waals surface area contributed by atoms with Gasteiger partial charge in [0.25, 0.3) is 0 Å². The fraction of sp³-hybridized carbons (Fsp3) is 0.444. The molecule has 0 radical (unpaired) electrons. The van der Waals surface area contributed by atoms with Crippen LogP contribution < -0.4 is 5.32 Å². The van der Waals surface area contributed by atoms with Gasteiger partial charge in [-0.3, -0.25) is 4.79 Å². The summed E-state index contributed by atoms with van der Waals surface area (Å²) in [5.74, 6) is 0.277. The number of nitrogens with one attached hydrogen (secondary N) is 2. The van der Waals surface area contributed by atoms with Gasteiger partial charge in [-0.15, -0.1) is 11.6 Å². The molecule has 122 valence electrons. The smallest absolute Gasteiger partial charge is 0.240 e. The number of nitriles is 1. The van der Waals surface area contributed by atoms with Gasteiger partial charge in [-0.2, -0.15) is 5.26 Å². The summed E-state index contributed by atoms with van der Waals surface area (Å²) in [7, 11) is 0. The van der Waals surface area contributed by atoms with Gasteiger partial charge in [0, 0.05) is 29.5 Å². The lowest BCUT2D eigenvalue weighted by molar-refractivity contribution is -0.128. The molecule has 1 amide bonds. The lowest BCUT2D eigenvalue weighted by atomic mass is 9.81. The van der Waals surface area contributed by atoms with Crippen LogP contribution in [-0.2, 0) is 11.2 Å². The van der Waals surface area contributed by atoms with Crippen molar-refractivity contribution in [3.8, 4) is 6.07 Å². The quantitative estimate of drug-likeness (QED) is 0.723. The number of alkyl halides is 1. The van der Waals surface area contributed by atoms with Gasteiger partial charge in [0.05, 0.1) is 6.07 Å². The van der Waals surface area contributed by atoms with Crippen LogP contribution in [0.1, 0.15) is 31.7 Å². The van der Waals surface area contributed by atoms with E-state index in [0.717, 1.165) is 11.9 Å². The van der Waals surface area contributed by atoms with Gasteiger partial charge >= 0.3 is 0 Å². The third kappa shape index (κ3) is 3.86. The number of aromatic nitrogens is 1. The minimum atomic E-state index is -0.963. The van der Waals surface area contributed by atoms with Crippen molar-refractivity contribution in [2.45, 2.75) is 32.6 Å². The highest BCUT2D eigenvalue weighted by atomic mass is 35.5. The maximum Gasteiger partial charge on any atom is 0.240 e. The van der Waals surface area contributed by atoms with E-state index >= 15 is 0 Å². The number of para-hydroxylation sites is 1. The fourth-order valence-electron chi connectivity index (χ4n) is 2.82. The molecule has 5 heteroatoms. The van der Waals surface area contributed by atoms with Crippen molar-refractivity contribution in [1.29, 1.82) is 5.26 Å². The minimum Gasteiger partial charge on any atom is -0.361 e. The zero-order valence-electron chi connectivity index (χ0n) is 13.4. The van der Waals surface area contributed by atoms with E-state index in [4.69, 9.17) is 11.6 Å². The second kappa shape index (κ2) is 8.03. The molecule has 2 rings (SSSR count). The van der Waals surface area contributed by atoms with E-state index in [0.29, 0.717) is 31.7 Å². The number of rotatable bonds is 8. The first-order valence-corrected chi connectivity index (χ1v) is 8.51. The second-order valence-electron chi connectivity index (χ2n) is 5.71. The molecule has 0 aliphatic rings. The third-order valence-corrected chi connectivity index (χ3v) is 4.61. The lowest BCUT2D eigenvalue weighted by Crippen LogP contribution is -2.40. The first-order valence-electron chi connectivity index (χ1n) is 7.97. The van der Waals surface area contributed by atoms with Crippen LogP contribution in [0.5, 0.6) is 0 Å². The standard InChI is InChI=1S/C18H22ClN3O/c1-2-18(13-20,9-5-10-19)17(23)21-11-8-14-12-22-16-7-4-3-6-15(14)16/h3-4,6-7,12,22H,2,5,8-11H2,1H3,(H,21,23). The molecule has 1 aromatic carbocycles. The number of hydrogen-bond donors (Lipinski definition) is 2. The van der Waals surface area contributed by atoms with Gasteiger partial charge in [0.1, 0.15) is 5.41 Å². The minimum absolute atomic E-state index is 0.188. The molecule has 0 bridgehead atoms. The van der Waals surface area contributed by atoms with Crippen LogP contribution in [0.2, 0.25) is 0 Å². The van der Waals surface area contributed by atoms with Crippen LogP contribution in [0.3, 0.4) is 0 Å². The highest BCUT2D eigenvalue weighted by molar-refractivity contribution is 6.17. The molecule has 0 fully saturated rings. The maximum atomic E-state index is 12.4. The summed E-state index contributed by atoms with van der Waals surface area (Å²) >= 11 is 5.71. The van der Waals surface area contributed by atoms with Crippen molar-refractivity contribution in [1.82, 2.24) is 10.3 Å². The summed E-state index contributed by atoms with van der Waals surface area (Å²) in [6, 6.07) is 10.3. The average molecular weight is 332 g/mol. The summed E-state index contributed by atoms with van der Waals surface area (Å²) in [6.45, 7) is 2.39. The Morgan fingerprint density at radius 3 is 2.91 bits per heavy atom. The van der Waals surface area contributed by atoms with E-state index in [9.17, 15) is 10.1 Å². The van der Waals surface area contributed by atoms with Crippen LogP contribution in [0.25, 0.3) is 10.9 Å². The van der Waals surface area contributed by atoms with Gasteiger partial charge in [0.15, 0.2) is 0 Å². The number of benzene rings is 1. The zero-order chi connectivity index (χ0) is 16.7. The van der Waals surface area contributed by atoms with Crippen molar-refractivity contribution in [3.05, 3.63) is 36.0 Å². The van der Waals surface area contributed by atoms with E-state index in [1.165, 1.54) is 10.9 Å². The van der Waals surface area contributed by atoms with Crippen LogP contribution in [-0.4, -0.2) is 23.3 Å². The number of amides is 1. The molecule has 1 unspecified atom stereocenters. The monoisotopic (exact) mass is 331 g/mol.